The van der Waals surface area contributed by atoms with Gasteiger partial charge < -0.3 is 10.5 Å². The second-order valence-corrected chi connectivity index (χ2v) is 5.86. The third-order valence-corrected chi connectivity index (χ3v) is 3.34. The maximum Gasteiger partial charge on any atom is 0.307 e. The summed E-state index contributed by atoms with van der Waals surface area (Å²) < 4.78 is 4.88. The second-order valence-electron chi connectivity index (χ2n) is 5.86. The molecule has 0 spiro atoms. The monoisotopic (exact) mass is 271 g/mol. The zero-order valence-electron chi connectivity index (χ0n) is 13.1. The molecule has 0 amide bonds. The number of nitrogens with two attached hydrogens (primary N) is 1. The van der Waals surface area contributed by atoms with Gasteiger partial charge in [0.2, 0.25) is 0 Å². The highest BCUT2D eigenvalue weighted by molar-refractivity contribution is 5.70. The van der Waals surface area contributed by atoms with Gasteiger partial charge in [-0.05, 0) is 19.3 Å². The van der Waals surface area contributed by atoms with Crippen LogP contribution in [0.1, 0.15) is 78.6 Å². The van der Waals surface area contributed by atoms with Gasteiger partial charge >= 0.3 is 5.97 Å². The highest BCUT2D eigenvalue weighted by Crippen LogP contribution is 2.12. The number of hydrogen-bond donors (Lipinski definition) is 1. The molecular weight excluding hydrogens is 238 g/mol. The van der Waals surface area contributed by atoms with E-state index in [-0.39, 0.29) is 12.0 Å². The van der Waals surface area contributed by atoms with Gasteiger partial charge in [0.25, 0.3) is 0 Å². The van der Waals surface area contributed by atoms with Crippen molar-refractivity contribution in [2.45, 2.75) is 84.6 Å². The van der Waals surface area contributed by atoms with Crippen LogP contribution >= 0.6 is 0 Å². The summed E-state index contributed by atoms with van der Waals surface area (Å²) in [6.07, 6.45) is 10.4. The summed E-state index contributed by atoms with van der Waals surface area (Å²) in [7, 11) is 0. The molecule has 3 heteroatoms. The Balaban J connectivity index is 3.27. The van der Waals surface area contributed by atoms with Crippen LogP contribution in [0.5, 0.6) is 0 Å². The maximum absolute atomic E-state index is 11.2. The molecule has 0 saturated heterocycles. The van der Waals surface area contributed by atoms with Crippen LogP contribution in [0.25, 0.3) is 0 Å². The second kappa shape index (κ2) is 12.5. The minimum atomic E-state index is -0.163. The fourth-order valence-electron chi connectivity index (χ4n) is 2.20. The van der Waals surface area contributed by atoms with E-state index >= 15 is 0 Å². The molecule has 0 bridgehead atoms. The van der Waals surface area contributed by atoms with E-state index < -0.39 is 0 Å². The zero-order valence-corrected chi connectivity index (χ0v) is 13.1. The highest BCUT2D eigenvalue weighted by Gasteiger charge is 2.09. The number of esters is 1. The number of carbonyl (C=O) groups is 1. The van der Waals surface area contributed by atoms with Crippen LogP contribution in [0.3, 0.4) is 0 Å². The molecule has 0 aliphatic rings. The summed E-state index contributed by atoms with van der Waals surface area (Å²) in [6.45, 7) is 6.83. The Morgan fingerprint density at radius 2 is 1.53 bits per heavy atom. The molecule has 114 valence electrons. The Kier molecular flexibility index (Phi) is 12.1. The Morgan fingerprint density at radius 1 is 1.00 bits per heavy atom. The first kappa shape index (κ1) is 18.4. The SMILES string of the molecule is CCOC(=O)CC(N)CCCCCCCCC(C)C. The molecule has 0 aromatic rings. The quantitative estimate of drug-likeness (QED) is 0.430. The van der Waals surface area contributed by atoms with Crippen LogP contribution in [0.2, 0.25) is 0 Å². The molecular formula is C16H33NO2. The Hall–Kier alpha value is -0.570. The molecule has 0 saturated carbocycles. The first-order chi connectivity index (χ1) is 9.06. The standard InChI is InChI=1S/C16H33NO2/c1-4-19-16(18)13-15(17)12-10-8-6-5-7-9-11-14(2)3/h14-15H,4-13,17H2,1-3H3. The van der Waals surface area contributed by atoms with E-state index in [2.05, 4.69) is 13.8 Å². The summed E-state index contributed by atoms with van der Waals surface area (Å²) in [5.74, 6) is 0.671. The summed E-state index contributed by atoms with van der Waals surface area (Å²) in [6, 6.07) is -0.0278. The molecule has 0 heterocycles. The summed E-state index contributed by atoms with van der Waals surface area (Å²) in [4.78, 5) is 11.2. The van der Waals surface area contributed by atoms with E-state index in [9.17, 15) is 4.79 Å². The first-order valence-corrected chi connectivity index (χ1v) is 7.97. The molecule has 0 radical (unpaired) electrons. The van der Waals surface area contributed by atoms with E-state index in [0.29, 0.717) is 13.0 Å². The van der Waals surface area contributed by atoms with E-state index in [1.807, 2.05) is 6.92 Å². The maximum atomic E-state index is 11.2. The van der Waals surface area contributed by atoms with Gasteiger partial charge in [-0.15, -0.1) is 0 Å². The molecule has 0 aromatic carbocycles. The van der Waals surface area contributed by atoms with Crippen molar-refractivity contribution in [1.29, 1.82) is 0 Å². The van der Waals surface area contributed by atoms with Crippen molar-refractivity contribution < 1.29 is 9.53 Å². The largest absolute Gasteiger partial charge is 0.466 e. The van der Waals surface area contributed by atoms with Gasteiger partial charge in [0.1, 0.15) is 0 Å². The summed E-state index contributed by atoms with van der Waals surface area (Å²) >= 11 is 0. The van der Waals surface area contributed by atoms with Crippen LogP contribution in [0, 0.1) is 5.92 Å². The van der Waals surface area contributed by atoms with Gasteiger partial charge in [-0.3, -0.25) is 4.79 Å². The normalized spacial score (nSPS) is 12.7. The minimum absolute atomic E-state index is 0.0278. The minimum Gasteiger partial charge on any atom is -0.466 e. The fraction of sp³-hybridized carbons (Fsp3) is 0.938. The number of rotatable bonds is 12. The lowest BCUT2D eigenvalue weighted by molar-refractivity contribution is -0.143. The molecule has 2 N–H and O–H groups in total. The zero-order chi connectivity index (χ0) is 14.5. The van der Waals surface area contributed by atoms with E-state index in [1.54, 1.807) is 0 Å². The van der Waals surface area contributed by atoms with Crippen molar-refractivity contribution in [1.82, 2.24) is 0 Å². The third kappa shape index (κ3) is 13.7. The van der Waals surface area contributed by atoms with Crippen molar-refractivity contribution in [3.8, 4) is 0 Å². The predicted octanol–water partition coefficient (Wildman–Crippen LogP) is 4.04. The molecule has 0 fully saturated rings. The topological polar surface area (TPSA) is 52.3 Å². The molecule has 1 unspecified atom stereocenters. The Labute approximate surface area is 119 Å². The average molecular weight is 271 g/mol. The van der Waals surface area contributed by atoms with E-state index in [0.717, 1.165) is 18.8 Å². The van der Waals surface area contributed by atoms with Gasteiger partial charge in [-0.2, -0.15) is 0 Å². The molecule has 0 rings (SSSR count). The van der Waals surface area contributed by atoms with E-state index in [1.165, 1.54) is 38.5 Å². The van der Waals surface area contributed by atoms with Crippen LogP contribution in [-0.2, 0) is 9.53 Å². The smallest absolute Gasteiger partial charge is 0.307 e. The third-order valence-electron chi connectivity index (χ3n) is 3.34. The Morgan fingerprint density at radius 3 is 2.05 bits per heavy atom. The first-order valence-electron chi connectivity index (χ1n) is 7.97. The molecule has 3 nitrogen and oxygen atoms in total. The van der Waals surface area contributed by atoms with Gasteiger partial charge in [-0.1, -0.05) is 58.8 Å². The number of ether oxygens (including phenoxy) is 1. The lowest BCUT2D eigenvalue weighted by atomic mass is 10.0. The molecule has 0 aromatic heterocycles. The Bertz CT molecular complexity index is 217. The van der Waals surface area contributed by atoms with Crippen molar-refractivity contribution in [3.63, 3.8) is 0 Å². The molecule has 19 heavy (non-hydrogen) atoms. The van der Waals surface area contributed by atoms with Gasteiger partial charge in [-0.25, -0.2) is 0 Å². The fourth-order valence-corrected chi connectivity index (χ4v) is 2.20. The van der Waals surface area contributed by atoms with Gasteiger partial charge in [0.05, 0.1) is 13.0 Å². The van der Waals surface area contributed by atoms with Crippen LogP contribution in [-0.4, -0.2) is 18.6 Å². The van der Waals surface area contributed by atoms with Gasteiger partial charge in [0.15, 0.2) is 0 Å². The predicted molar refractivity (Wildman–Crippen MR) is 81.0 cm³/mol. The molecule has 1 atom stereocenters. The van der Waals surface area contributed by atoms with Crippen molar-refractivity contribution >= 4 is 5.97 Å². The lowest BCUT2D eigenvalue weighted by Crippen LogP contribution is -2.24. The average Bonchev–Trinajstić information content (AvgIpc) is 2.32. The van der Waals surface area contributed by atoms with Crippen molar-refractivity contribution in [2.75, 3.05) is 6.61 Å². The number of carbonyl (C=O) groups excluding carboxylic acids is 1. The van der Waals surface area contributed by atoms with Crippen molar-refractivity contribution in [2.24, 2.45) is 11.7 Å². The van der Waals surface area contributed by atoms with Crippen LogP contribution in [0.4, 0.5) is 0 Å². The highest BCUT2D eigenvalue weighted by atomic mass is 16.5. The van der Waals surface area contributed by atoms with Crippen molar-refractivity contribution in [3.05, 3.63) is 0 Å². The van der Waals surface area contributed by atoms with E-state index in [4.69, 9.17) is 10.5 Å². The summed E-state index contributed by atoms with van der Waals surface area (Å²) in [5, 5.41) is 0. The molecule has 0 aliphatic heterocycles. The van der Waals surface area contributed by atoms with Gasteiger partial charge in [0, 0.05) is 6.04 Å². The summed E-state index contributed by atoms with van der Waals surface area (Å²) in [5.41, 5.74) is 5.90. The lowest BCUT2D eigenvalue weighted by Gasteiger charge is -2.10. The molecule has 0 aliphatic carbocycles. The number of unbranched alkanes of at least 4 members (excludes halogenated alkanes) is 5. The van der Waals surface area contributed by atoms with Crippen LogP contribution in [0.15, 0.2) is 0 Å². The number of hydrogen-bond acceptors (Lipinski definition) is 3. The van der Waals surface area contributed by atoms with Crippen LogP contribution < -0.4 is 5.73 Å².